The first kappa shape index (κ1) is 16.8. The van der Waals surface area contributed by atoms with Crippen molar-refractivity contribution in [3.05, 3.63) is 33.3 Å². The molecule has 1 N–H and O–H groups in total. The second kappa shape index (κ2) is 6.95. The number of sulfonamides is 1. The van der Waals surface area contributed by atoms with Gasteiger partial charge in [-0.15, -0.1) is 0 Å². The maximum Gasteiger partial charge on any atom is 0.290 e. The normalized spacial score (nSPS) is 11.8. The van der Waals surface area contributed by atoms with Crippen LogP contribution in [-0.4, -0.2) is 40.4 Å². The quantitative estimate of drug-likeness (QED) is 0.458. The zero-order valence-corrected chi connectivity index (χ0v) is 12.3. The molecule has 0 saturated carbocycles. The molecule has 0 aliphatic heterocycles. The molecule has 0 aromatic heterocycles. The zero-order valence-electron chi connectivity index (χ0n) is 10.7. The first-order chi connectivity index (χ1) is 9.31. The maximum absolute atomic E-state index is 12.0. The summed E-state index contributed by atoms with van der Waals surface area (Å²) in [6.07, 6.45) is -0.795. The lowest BCUT2D eigenvalue weighted by Crippen LogP contribution is -2.34. The number of ether oxygens (including phenoxy) is 2. The number of halogens is 1. The van der Waals surface area contributed by atoms with E-state index in [1.165, 1.54) is 20.3 Å². The highest BCUT2D eigenvalue weighted by molar-refractivity contribution is 7.89. The fraction of sp³-hybridized carbons (Fsp3) is 0.400. The van der Waals surface area contributed by atoms with Crippen molar-refractivity contribution < 1.29 is 22.8 Å². The fourth-order valence-electron chi connectivity index (χ4n) is 1.38. The van der Waals surface area contributed by atoms with Gasteiger partial charge in [0.25, 0.3) is 5.69 Å². The number of benzene rings is 1. The van der Waals surface area contributed by atoms with Crippen molar-refractivity contribution in [1.82, 2.24) is 4.72 Å². The van der Waals surface area contributed by atoms with Crippen LogP contribution in [0.5, 0.6) is 0 Å². The van der Waals surface area contributed by atoms with Crippen LogP contribution < -0.4 is 4.72 Å². The summed E-state index contributed by atoms with van der Waals surface area (Å²) in [7, 11) is -1.40. The van der Waals surface area contributed by atoms with Gasteiger partial charge in [0.2, 0.25) is 10.0 Å². The van der Waals surface area contributed by atoms with Gasteiger partial charge >= 0.3 is 0 Å². The van der Waals surface area contributed by atoms with Gasteiger partial charge in [0.1, 0.15) is 0 Å². The highest BCUT2D eigenvalue weighted by atomic mass is 35.5. The summed E-state index contributed by atoms with van der Waals surface area (Å²) in [5, 5.41) is 10.9. The van der Waals surface area contributed by atoms with Crippen LogP contribution in [0.3, 0.4) is 0 Å². The van der Waals surface area contributed by atoms with Crippen LogP contribution in [0.2, 0.25) is 5.02 Å². The topological polar surface area (TPSA) is 108 Å². The van der Waals surface area contributed by atoms with Gasteiger partial charge in [0.15, 0.2) is 11.2 Å². The minimum Gasteiger partial charge on any atom is -0.355 e. The summed E-state index contributed by atoms with van der Waals surface area (Å²) in [6, 6.07) is 3.30. The summed E-state index contributed by atoms with van der Waals surface area (Å²) in [5.41, 5.74) is -0.601. The van der Waals surface area contributed by atoms with E-state index in [-0.39, 0.29) is 11.6 Å². The molecule has 0 bridgehead atoms. The van der Waals surface area contributed by atoms with Crippen molar-refractivity contribution in [3.8, 4) is 0 Å². The highest BCUT2D eigenvalue weighted by Gasteiger charge is 2.26. The van der Waals surface area contributed by atoms with Crippen molar-refractivity contribution in [2.24, 2.45) is 0 Å². The molecule has 112 valence electrons. The molecule has 0 spiro atoms. The summed E-state index contributed by atoms with van der Waals surface area (Å²) in [6.45, 7) is -0.185. The van der Waals surface area contributed by atoms with Gasteiger partial charge in [-0.25, -0.2) is 13.1 Å². The number of rotatable bonds is 7. The molecule has 0 unspecified atom stereocenters. The van der Waals surface area contributed by atoms with E-state index in [0.29, 0.717) is 0 Å². The first-order valence-electron chi connectivity index (χ1n) is 5.31. The second-order valence-electron chi connectivity index (χ2n) is 3.62. The summed E-state index contributed by atoms with van der Waals surface area (Å²) in [5.74, 6) is 0. The summed E-state index contributed by atoms with van der Waals surface area (Å²) >= 11 is 5.62. The largest absolute Gasteiger partial charge is 0.355 e. The van der Waals surface area contributed by atoms with Crippen LogP contribution in [0.15, 0.2) is 23.1 Å². The Kier molecular flexibility index (Phi) is 5.84. The van der Waals surface area contributed by atoms with Gasteiger partial charge in [0.05, 0.1) is 11.5 Å². The molecule has 1 aromatic rings. The lowest BCUT2D eigenvalue weighted by Gasteiger charge is -2.14. The average Bonchev–Trinajstić information content (AvgIpc) is 2.39. The van der Waals surface area contributed by atoms with Gasteiger partial charge in [-0.1, -0.05) is 11.6 Å². The Balaban J connectivity index is 3.07. The first-order valence-corrected chi connectivity index (χ1v) is 7.17. The third-order valence-electron chi connectivity index (χ3n) is 2.37. The molecule has 1 aromatic carbocycles. The molecule has 10 heteroatoms. The Hall–Kier alpha value is -1.26. The van der Waals surface area contributed by atoms with Gasteiger partial charge in [-0.3, -0.25) is 10.1 Å². The molecule has 0 heterocycles. The molecule has 0 radical (unpaired) electrons. The standard InChI is InChI=1S/C10H13ClN2O6S/c1-18-10(19-2)6-12-20(16,17)9-4-3-7(11)5-8(9)13(14)15/h3-5,10,12H,6H2,1-2H3. The molecule has 0 saturated heterocycles. The van der Waals surface area contributed by atoms with E-state index in [1.807, 2.05) is 0 Å². The molecule has 0 aliphatic carbocycles. The van der Waals surface area contributed by atoms with Gasteiger partial charge < -0.3 is 9.47 Å². The zero-order chi connectivity index (χ0) is 15.3. The SMILES string of the molecule is COC(CNS(=O)(=O)c1ccc(Cl)cc1[N+](=O)[O-])OC. The Morgan fingerprint density at radius 1 is 1.40 bits per heavy atom. The molecule has 1 rings (SSSR count). The Bertz CT molecular complexity index is 587. The number of methoxy groups -OCH3 is 2. The third kappa shape index (κ3) is 4.12. The van der Waals surface area contributed by atoms with Crippen molar-refractivity contribution in [2.45, 2.75) is 11.2 Å². The van der Waals surface area contributed by atoms with E-state index in [4.69, 9.17) is 21.1 Å². The monoisotopic (exact) mass is 324 g/mol. The van der Waals surface area contributed by atoms with Gasteiger partial charge in [0, 0.05) is 25.3 Å². The van der Waals surface area contributed by atoms with Crippen LogP contribution in [0.25, 0.3) is 0 Å². The maximum atomic E-state index is 12.0. The minimum atomic E-state index is -4.08. The minimum absolute atomic E-state index is 0.0716. The van der Waals surface area contributed by atoms with Crippen molar-refractivity contribution in [2.75, 3.05) is 20.8 Å². The molecule has 20 heavy (non-hydrogen) atoms. The van der Waals surface area contributed by atoms with E-state index in [1.54, 1.807) is 0 Å². The lowest BCUT2D eigenvalue weighted by molar-refractivity contribution is -0.387. The van der Waals surface area contributed by atoms with Gasteiger partial charge in [-0.2, -0.15) is 0 Å². The van der Waals surface area contributed by atoms with Crippen molar-refractivity contribution >= 4 is 27.3 Å². The van der Waals surface area contributed by atoms with E-state index in [9.17, 15) is 18.5 Å². The average molecular weight is 325 g/mol. The second-order valence-corrected chi connectivity index (χ2v) is 5.79. The van der Waals surface area contributed by atoms with Crippen molar-refractivity contribution in [1.29, 1.82) is 0 Å². The Morgan fingerprint density at radius 3 is 2.50 bits per heavy atom. The molecule has 0 fully saturated rings. The molecule has 0 aliphatic rings. The van der Waals surface area contributed by atoms with E-state index < -0.39 is 31.8 Å². The number of nitro groups is 1. The molecule has 0 atom stereocenters. The Labute approximate surface area is 120 Å². The Morgan fingerprint density at radius 2 is 2.00 bits per heavy atom. The van der Waals surface area contributed by atoms with E-state index in [0.717, 1.165) is 12.1 Å². The number of nitrogens with zero attached hydrogens (tertiary/aromatic N) is 1. The predicted octanol–water partition coefficient (Wildman–Crippen LogP) is 1.15. The molecular formula is C10H13ClN2O6S. The summed E-state index contributed by atoms with van der Waals surface area (Å²) in [4.78, 5) is 9.59. The van der Waals surface area contributed by atoms with Crippen LogP contribution in [0.4, 0.5) is 5.69 Å². The molecule has 0 amide bonds. The van der Waals surface area contributed by atoms with Crippen LogP contribution in [-0.2, 0) is 19.5 Å². The van der Waals surface area contributed by atoms with Crippen LogP contribution >= 0.6 is 11.6 Å². The predicted molar refractivity (Wildman–Crippen MR) is 71.1 cm³/mol. The smallest absolute Gasteiger partial charge is 0.290 e. The van der Waals surface area contributed by atoms with E-state index in [2.05, 4.69) is 4.72 Å². The highest BCUT2D eigenvalue weighted by Crippen LogP contribution is 2.26. The molecular weight excluding hydrogens is 312 g/mol. The lowest BCUT2D eigenvalue weighted by atomic mass is 10.3. The third-order valence-corrected chi connectivity index (χ3v) is 4.08. The number of nitrogens with one attached hydrogen (secondary N) is 1. The fourth-order valence-corrected chi connectivity index (χ4v) is 2.71. The molecule has 8 nitrogen and oxygen atoms in total. The van der Waals surface area contributed by atoms with Crippen molar-refractivity contribution in [3.63, 3.8) is 0 Å². The van der Waals surface area contributed by atoms with Gasteiger partial charge in [-0.05, 0) is 12.1 Å². The summed E-state index contributed by atoms with van der Waals surface area (Å²) < 4.78 is 35.9. The van der Waals surface area contributed by atoms with Crippen LogP contribution in [0.1, 0.15) is 0 Å². The van der Waals surface area contributed by atoms with E-state index >= 15 is 0 Å². The van der Waals surface area contributed by atoms with Crippen LogP contribution in [0, 0.1) is 10.1 Å². The number of hydrogen-bond acceptors (Lipinski definition) is 6. The number of nitro benzene ring substituents is 1. The number of hydrogen-bond donors (Lipinski definition) is 1.